The number of methoxy groups -OCH3 is 2. The van der Waals surface area contributed by atoms with Gasteiger partial charge >= 0.3 is 0 Å². The minimum atomic E-state index is -0.110. The smallest absolute Gasteiger partial charge is 0.240 e. The maximum absolute atomic E-state index is 6.43. The van der Waals surface area contributed by atoms with Crippen molar-refractivity contribution < 1.29 is 9.47 Å². The zero-order valence-corrected chi connectivity index (χ0v) is 12.5. The minimum Gasteiger partial charge on any atom is -0.480 e. The van der Waals surface area contributed by atoms with Gasteiger partial charge in [-0.2, -0.15) is 4.98 Å². The van der Waals surface area contributed by atoms with Crippen LogP contribution < -0.4 is 15.2 Å². The van der Waals surface area contributed by atoms with Gasteiger partial charge in [0.05, 0.1) is 26.5 Å². The summed E-state index contributed by atoms with van der Waals surface area (Å²) in [6.07, 6.45) is 10.4. The van der Waals surface area contributed by atoms with Crippen molar-refractivity contribution in [2.24, 2.45) is 11.7 Å². The molecule has 5 nitrogen and oxygen atoms in total. The molecular weight excluding hydrogens is 254 g/mol. The van der Waals surface area contributed by atoms with Crippen molar-refractivity contribution >= 4 is 0 Å². The fourth-order valence-corrected chi connectivity index (χ4v) is 2.91. The normalized spacial score (nSPS) is 18.9. The Hall–Kier alpha value is -1.36. The summed E-state index contributed by atoms with van der Waals surface area (Å²) < 4.78 is 10.4. The molecule has 0 spiro atoms. The molecule has 1 unspecified atom stereocenters. The lowest BCUT2D eigenvalue weighted by atomic mass is 9.85. The summed E-state index contributed by atoms with van der Waals surface area (Å²) in [6.45, 7) is 0. The Kier molecular flexibility index (Phi) is 5.59. The van der Waals surface area contributed by atoms with Crippen molar-refractivity contribution in [2.45, 2.75) is 51.0 Å². The monoisotopic (exact) mass is 279 g/mol. The molecule has 2 N–H and O–H groups in total. The fourth-order valence-electron chi connectivity index (χ4n) is 2.91. The first kappa shape index (κ1) is 15.0. The van der Waals surface area contributed by atoms with E-state index in [1.807, 2.05) is 0 Å². The summed E-state index contributed by atoms with van der Waals surface area (Å²) in [5, 5.41) is 0. The molecule has 0 saturated heterocycles. The SMILES string of the molecule is COc1cnc(C(N)C2CCCCCCC2)c(OC)n1. The lowest BCUT2D eigenvalue weighted by Gasteiger charge is -2.26. The number of rotatable bonds is 4. The average molecular weight is 279 g/mol. The Morgan fingerprint density at radius 2 is 1.75 bits per heavy atom. The predicted molar refractivity (Wildman–Crippen MR) is 77.9 cm³/mol. The molecule has 1 aliphatic carbocycles. The van der Waals surface area contributed by atoms with Crippen LogP contribution in [0.15, 0.2) is 6.20 Å². The van der Waals surface area contributed by atoms with Crippen LogP contribution in [0, 0.1) is 5.92 Å². The van der Waals surface area contributed by atoms with Crippen molar-refractivity contribution in [3.63, 3.8) is 0 Å². The van der Waals surface area contributed by atoms with Crippen LogP contribution in [0.1, 0.15) is 56.7 Å². The quantitative estimate of drug-likeness (QED) is 0.917. The van der Waals surface area contributed by atoms with Crippen LogP contribution in [0.3, 0.4) is 0 Å². The average Bonchev–Trinajstić information content (AvgIpc) is 2.45. The van der Waals surface area contributed by atoms with Gasteiger partial charge in [0.2, 0.25) is 11.8 Å². The second kappa shape index (κ2) is 7.43. The number of hydrogen-bond acceptors (Lipinski definition) is 5. The largest absolute Gasteiger partial charge is 0.480 e. The third-order valence-electron chi connectivity index (χ3n) is 4.12. The third kappa shape index (κ3) is 3.60. The van der Waals surface area contributed by atoms with Gasteiger partial charge in [0.25, 0.3) is 0 Å². The van der Waals surface area contributed by atoms with Gasteiger partial charge in [-0.15, -0.1) is 0 Å². The van der Waals surface area contributed by atoms with Crippen LogP contribution >= 0.6 is 0 Å². The van der Waals surface area contributed by atoms with Crippen molar-refractivity contribution in [3.8, 4) is 11.8 Å². The first-order valence-corrected chi connectivity index (χ1v) is 7.46. The molecule has 0 bridgehead atoms. The van der Waals surface area contributed by atoms with Gasteiger partial charge < -0.3 is 15.2 Å². The van der Waals surface area contributed by atoms with Gasteiger partial charge in [-0.1, -0.05) is 32.1 Å². The second-order valence-electron chi connectivity index (χ2n) is 5.44. The summed E-state index contributed by atoms with van der Waals surface area (Å²) in [7, 11) is 3.16. The number of nitrogens with zero attached hydrogens (tertiary/aromatic N) is 2. The highest BCUT2D eigenvalue weighted by Gasteiger charge is 2.25. The van der Waals surface area contributed by atoms with Crippen molar-refractivity contribution in [1.29, 1.82) is 0 Å². The molecule has 5 heteroatoms. The Balaban J connectivity index is 2.15. The molecule has 2 rings (SSSR count). The van der Waals surface area contributed by atoms with E-state index < -0.39 is 0 Å². The van der Waals surface area contributed by atoms with Crippen LogP contribution in [0.2, 0.25) is 0 Å². The van der Waals surface area contributed by atoms with E-state index in [0.29, 0.717) is 17.7 Å². The predicted octanol–water partition coefficient (Wildman–Crippen LogP) is 2.85. The molecule has 0 aliphatic heterocycles. The van der Waals surface area contributed by atoms with Crippen molar-refractivity contribution in [2.75, 3.05) is 14.2 Å². The van der Waals surface area contributed by atoms with Crippen LogP contribution in [-0.4, -0.2) is 24.2 Å². The first-order valence-electron chi connectivity index (χ1n) is 7.46. The van der Waals surface area contributed by atoms with Crippen LogP contribution in [0.4, 0.5) is 0 Å². The van der Waals surface area contributed by atoms with E-state index in [0.717, 1.165) is 18.5 Å². The molecule has 1 fully saturated rings. The van der Waals surface area contributed by atoms with E-state index in [9.17, 15) is 0 Å². The molecule has 1 aromatic heterocycles. The number of nitrogens with two attached hydrogens (primary N) is 1. The van der Waals surface area contributed by atoms with E-state index in [4.69, 9.17) is 15.2 Å². The molecule has 1 heterocycles. The van der Waals surface area contributed by atoms with E-state index in [1.54, 1.807) is 20.4 Å². The van der Waals surface area contributed by atoms with Gasteiger partial charge in [0, 0.05) is 0 Å². The van der Waals surface area contributed by atoms with Gasteiger partial charge in [-0.25, -0.2) is 4.98 Å². The Bertz CT molecular complexity index is 418. The second-order valence-corrected chi connectivity index (χ2v) is 5.44. The lowest BCUT2D eigenvalue weighted by Crippen LogP contribution is -2.24. The zero-order chi connectivity index (χ0) is 14.4. The number of ether oxygens (including phenoxy) is 2. The highest BCUT2D eigenvalue weighted by atomic mass is 16.5. The fraction of sp³-hybridized carbons (Fsp3) is 0.733. The van der Waals surface area contributed by atoms with Gasteiger partial charge in [-0.3, -0.25) is 0 Å². The Morgan fingerprint density at radius 1 is 1.10 bits per heavy atom. The molecule has 1 saturated carbocycles. The van der Waals surface area contributed by atoms with Gasteiger partial charge in [0.1, 0.15) is 5.69 Å². The molecule has 0 aromatic carbocycles. The van der Waals surface area contributed by atoms with E-state index in [-0.39, 0.29) is 6.04 Å². The summed E-state index contributed by atoms with van der Waals surface area (Å²) in [6, 6.07) is -0.110. The number of aromatic nitrogens is 2. The highest BCUT2D eigenvalue weighted by Crippen LogP contribution is 2.33. The molecule has 0 amide bonds. The van der Waals surface area contributed by atoms with E-state index in [2.05, 4.69) is 9.97 Å². The van der Waals surface area contributed by atoms with Gasteiger partial charge in [0.15, 0.2) is 0 Å². The molecular formula is C15H25N3O2. The molecule has 1 aliphatic rings. The van der Waals surface area contributed by atoms with Crippen molar-refractivity contribution in [3.05, 3.63) is 11.9 Å². The molecule has 1 atom stereocenters. The number of hydrogen-bond donors (Lipinski definition) is 1. The summed E-state index contributed by atoms with van der Waals surface area (Å²) in [4.78, 5) is 8.69. The maximum atomic E-state index is 6.43. The Labute approximate surface area is 120 Å². The van der Waals surface area contributed by atoms with Crippen LogP contribution in [-0.2, 0) is 0 Å². The van der Waals surface area contributed by atoms with Crippen LogP contribution in [0.5, 0.6) is 11.8 Å². The third-order valence-corrected chi connectivity index (χ3v) is 4.12. The molecule has 20 heavy (non-hydrogen) atoms. The summed E-state index contributed by atoms with van der Waals surface area (Å²) in [5.41, 5.74) is 7.18. The Morgan fingerprint density at radius 3 is 2.35 bits per heavy atom. The zero-order valence-electron chi connectivity index (χ0n) is 12.5. The summed E-state index contributed by atoms with van der Waals surface area (Å²) in [5.74, 6) is 1.40. The lowest BCUT2D eigenvalue weighted by molar-refractivity contribution is 0.305. The van der Waals surface area contributed by atoms with E-state index >= 15 is 0 Å². The van der Waals surface area contributed by atoms with Crippen molar-refractivity contribution in [1.82, 2.24) is 9.97 Å². The molecule has 1 aromatic rings. The van der Waals surface area contributed by atoms with Gasteiger partial charge in [-0.05, 0) is 18.8 Å². The van der Waals surface area contributed by atoms with E-state index in [1.165, 1.54) is 32.1 Å². The maximum Gasteiger partial charge on any atom is 0.240 e. The molecule has 0 radical (unpaired) electrons. The molecule has 112 valence electrons. The van der Waals surface area contributed by atoms with Crippen LogP contribution in [0.25, 0.3) is 0 Å². The first-order chi connectivity index (χ1) is 9.76. The standard InChI is InChI=1S/C15H25N3O2/c1-19-12-10-17-14(15(18-12)20-2)13(16)11-8-6-4-3-5-7-9-11/h10-11,13H,3-9,16H2,1-2H3. The highest BCUT2D eigenvalue weighted by molar-refractivity contribution is 5.26. The topological polar surface area (TPSA) is 70.3 Å². The summed E-state index contributed by atoms with van der Waals surface area (Å²) >= 11 is 0. The minimum absolute atomic E-state index is 0.110.